The summed E-state index contributed by atoms with van der Waals surface area (Å²) in [7, 11) is 0. The van der Waals surface area contributed by atoms with Crippen LogP contribution in [0.4, 0.5) is 5.69 Å². The summed E-state index contributed by atoms with van der Waals surface area (Å²) in [5, 5.41) is 13.7. The number of carbonyl (C=O) groups excluding carboxylic acids is 1. The van der Waals surface area contributed by atoms with E-state index in [0.29, 0.717) is 12.5 Å². The van der Waals surface area contributed by atoms with Crippen LogP contribution < -0.4 is 10.1 Å². The Labute approximate surface area is 131 Å². The van der Waals surface area contributed by atoms with Crippen LogP contribution in [0.5, 0.6) is 5.75 Å². The number of carbonyl (C=O) groups is 1. The van der Waals surface area contributed by atoms with Crippen LogP contribution in [-0.4, -0.2) is 24.0 Å². The quantitative estimate of drug-likeness (QED) is 0.531. The second kappa shape index (κ2) is 9.76. The molecule has 1 amide bonds. The first kappa shape index (κ1) is 17.9. The Morgan fingerprint density at radius 1 is 1.36 bits per heavy atom. The maximum atomic E-state index is 11.8. The van der Waals surface area contributed by atoms with E-state index in [2.05, 4.69) is 19.2 Å². The molecular formula is C16H24N2O4. The minimum absolute atomic E-state index is 0.112. The van der Waals surface area contributed by atoms with E-state index < -0.39 is 4.92 Å². The molecule has 0 aliphatic heterocycles. The van der Waals surface area contributed by atoms with Crippen LogP contribution in [0.1, 0.15) is 39.5 Å². The van der Waals surface area contributed by atoms with Gasteiger partial charge in [-0.25, -0.2) is 0 Å². The minimum atomic E-state index is -0.523. The highest BCUT2D eigenvalue weighted by molar-refractivity contribution is 5.77. The number of nitrogens with zero attached hydrogens (tertiary/aromatic N) is 1. The molecule has 6 heteroatoms. The third kappa shape index (κ3) is 6.11. The molecule has 0 saturated carbocycles. The van der Waals surface area contributed by atoms with Gasteiger partial charge in [-0.1, -0.05) is 45.2 Å². The number of nitrogens with one attached hydrogen (secondary N) is 1. The van der Waals surface area contributed by atoms with Gasteiger partial charge in [0, 0.05) is 12.6 Å². The van der Waals surface area contributed by atoms with Gasteiger partial charge in [0.15, 0.2) is 12.4 Å². The van der Waals surface area contributed by atoms with E-state index in [1.807, 2.05) is 0 Å². The Bertz CT molecular complexity index is 491. The molecular weight excluding hydrogens is 284 g/mol. The first-order chi connectivity index (χ1) is 10.6. The lowest BCUT2D eigenvalue weighted by molar-refractivity contribution is -0.385. The number of rotatable bonds is 10. The van der Waals surface area contributed by atoms with Crippen LogP contribution in [0.15, 0.2) is 24.3 Å². The van der Waals surface area contributed by atoms with Gasteiger partial charge in [0.1, 0.15) is 0 Å². The van der Waals surface area contributed by atoms with Crippen LogP contribution in [0.25, 0.3) is 0 Å². The summed E-state index contributed by atoms with van der Waals surface area (Å²) in [6.07, 6.45) is 4.41. The van der Waals surface area contributed by atoms with Gasteiger partial charge in [0.2, 0.25) is 0 Å². The summed E-state index contributed by atoms with van der Waals surface area (Å²) in [6.45, 7) is 4.66. The van der Waals surface area contributed by atoms with E-state index in [1.165, 1.54) is 12.1 Å². The number of hydrogen-bond acceptors (Lipinski definition) is 4. The minimum Gasteiger partial charge on any atom is -0.477 e. The van der Waals surface area contributed by atoms with Crippen molar-refractivity contribution >= 4 is 11.6 Å². The number of ether oxygens (including phenoxy) is 1. The molecule has 1 unspecified atom stereocenters. The van der Waals surface area contributed by atoms with Gasteiger partial charge in [-0.2, -0.15) is 0 Å². The third-order valence-electron chi connectivity index (χ3n) is 3.55. The number of hydrogen-bond donors (Lipinski definition) is 1. The molecule has 0 aliphatic carbocycles. The highest BCUT2D eigenvalue weighted by Crippen LogP contribution is 2.25. The molecule has 1 aromatic rings. The lowest BCUT2D eigenvalue weighted by atomic mass is 9.99. The maximum absolute atomic E-state index is 11.8. The van der Waals surface area contributed by atoms with Gasteiger partial charge < -0.3 is 10.1 Å². The Morgan fingerprint density at radius 3 is 2.73 bits per heavy atom. The fourth-order valence-corrected chi connectivity index (χ4v) is 2.13. The zero-order chi connectivity index (χ0) is 16.4. The molecule has 1 N–H and O–H groups in total. The molecule has 122 valence electrons. The zero-order valence-corrected chi connectivity index (χ0v) is 13.2. The molecule has 0 aromatic heterocycles. The lowest BCUT2D eigenvalue weighted by Gasteiger charge is -2.15. The Morgan fingerprint density at radius 2 is 2.09 bits per heavy atom. The van der Waals surface area contributed by atoms with Crippen molar-refractivity contribution < 1.29 is 14.5 Å². The molecule has 0 heterocycles. The van der Waals surface area contributed by atoms with Gasteiger partial charge in [-0.15, -0.1) is 0 Å². The summed E-state index contributed by atoms with van der Waals surface area (Å²) >= 11 is 0. The largest absolute Gasteiger partial charge is 0.477 e. The maximum Gasteiger partial charge on any atom is 0.310 e. The van der Waals surface area contributed by atoms with E-state index in [9.17, 15) is 14.9 Å². The fourth-order valence-electron chi connectivity index (χ4n) is 2.13. The van der Waals surface area contributed by atoms with Crippen LogP contribution in [-0.2, 0) is 4.79 Å². The number of amides is 1. The van der Waals surface area contributed by atoms with Crippen molar-refractivity contribution in [3.63, 3.8) is 0 Å². The number of unbranched alkanes of at least 4 members (excludes halogenated alkanes) is 1. The Kier molecular flexibility index (Phi) is 7.96. The van der Waals surface area contributed by atoms with E-state index in [1.54, 1.807) is 12.1 Å². The standard InChI is InChI=1S/C16H24N2O4/c1-3-5-8-13(4-2)11-17-16(19)12-22-15-10-7-6-9-14(15)18(20)21/h6-7,9-10,13H,3-5,8,11-12H2,1-2H3,(H,17,19). The van der Waals surface area contributed by atoms with E-state index in [4.69, 9.17) is 4.74 Å². The van der Waals surface area contributed by atoms with Crippen LogP contribution in [0.3, 0.4) is 0 Å². The van der Waals surface area contributed by atoms with Crippen molar-refractivity contribution in [2.75, 3.05) is 13.2 Å². The molecule has 0 aliphatic rings. The molecule has 0 saturated heterocycles. The number of nitro groups is 1. The second-order valence-electron chi connectivity index (χ2n) is 5.23. The topological polar surface area (TPSA) is 81.5 Å². The molecule has 0 spiro atoms. The first-order valence-electron chi connectivity index (χ1n) is 7.71. The summed E-state index contributed by atoms with van der Waals surface area (Å²) in [6, 6.07) is 6.04. The van der Waals surface area contributed by atoms with Gasteiger partial charge >= 0.3 is 5.69 Å². The number of benzene rings is 1. The van der Waals surface area contributed by atoms with Crippen molar-refractivity contribution in [3.05, 3.63) is 34.4 Å². The monoisotopic (exact) mass is 308 g/mol. The predicted molar refractivity (Wildman–Crippen MR) is 84.9 cm³/mol. The average molecular weight is 308 g/mol. The second-order valence-corrected chi connectivity index (χ2v) is 5.23. The first-order valence-corrected chi connectivity index (χ1v) is 7.71. The summed E-state index contributed by atoms with van der Waals surface area (Å²) in [5.74, 6) is 0.323. The van der Waals surface area contributed by atoms with Crippen molar-refractivity contribution in [1.82, 2.24) is 5.32 Å². The van der Waals surface area contributed by atoms with Crippen molar-refractivity contribution in [2.24, 2.45) is 5.92 Å². The fraction of sp³-hybridized carbons (Fsp3) is 0.562. The normalized spacial score (nSPS) is 11.7. The predicted octanol–water partition coefficient (Wildman–Crippen LogP) is 3.31. The SMILES string of the molecule is CCCCC(CC)CNC(=O)COc1ccccc1[N+](=O)[O-]. The molecule has 1 rings (SSSR count). The molecule has 0 radical (unpaired) electrons. The van der Waals surface area contributed by atoms with E-state index >= 15 is 0 Å². The third-order valence-corrected chi connectivity index (χ3v) is 3.55. The number of para-hydroxylation sites is 2. The molecule has 22 heavy (non-hydrogen) atoms. The van der Waals surface area contributed by atoms with Gasteiger partial charge in [-0.05, 0) is 18.4 Å². The number of nitro benzene ring substituents is 1. The molecule has 0 fully saturated rings. The van der Waals surface area contributed by atoms with Crippen LogP contribution >= 0.6 is 0 Å². The lowest BCUT2D eigenvalue weighted by Crippen LogP contribution is -2.33. The van der Waals surface area contributed by atoms with Gasteiger partial charge in [0.05, 0.1) is 4.92 Å². The molecule has 0 bridgehead atoms. The Balaban J connectivity index is 2.42. The van der Waals surface area contributed by atoms with Crippen LogP contribution in [0.2, 0.25) is 0 Å². The van der Waals surface area contributed by atoms with Gasteiger partial charge in [0.25, 0.3) is 5.91 Å². The average Bonchev–Trinajstić information content (AvgIpc) is 2.53. The van der Waals surface area contributed by atoms with Crippen molar-refractivity contribution in [2.45, 2.75) is 39.5 Å². The molecule has 1 aromatic carbocycles. The van der Waals surface area contributed by atoms with Gasteiger partial charge in [-0.3, -0.25) is 14.9 Å². The van der Waals surface area contributed by atoms with E-state index in [-0.39, 0.29) is 24.0 Å². The summed E-state index contributed by atoms with van der Waals surface area (Å²) < 4.78 is 5.25. The molecule has 1 atom stereocenters. The summed E-state index contributed by atoms with van der Waals surface area (Å²) in [5.41, 5.74) is -0.135. The Hall–Kier alpha value is -2.11. The smallest absolute Gasteiger partial charge is 0.310 e. The van der Waals surface area contributed by atoms with Crippen LogP contribution in [0, 0.1) is 16.0 Å². The summed E-state index contributed by atoms with van der Waals surface area (Å²) in [4.78, 5) is 22.1. The highest BCUT2D eigenvalue weighted by atomic mass is 16.6. The van der Waals surface area contributed by atoms with Crippen molar-refractivity contribution in [3.8, 4) is 5.75 Å². The van der Waals surface area contributed by atoms with E-state index in [0.717, 1.165) is 25.7 Å². The highest BCUT2D eigenvalue weighted by Gasteiger charge is 2.15. The molecule has 6 nitrogen and oxygen atoms in total. The van der Waals surface area contributed by atoms with Crippen molar-refractivity contribution in [1.29, 1.82) is 0 Å². The zero-order valence-electron chi connectivity index (χ0n) is 13.2.